The molecule has 0 unspecified atom stereocenters. The number of para-hydroxylation sites is 2. The molecule has 3 aromatic carbocycles. The summed E-state index contributed by atoms with van der Waals surface area (Å²) in [6.07, 6.45) is 0. The van der Waals surface area contributed by atoms with Crippen molar-refractivity contribution in [3.63, 3.8) is 0 Å². The van der Waals surface area contributed by atoms with Crippen LogP contribution in [0.25, 0.3) is 27.7 Å². The molecule has 2 heterocycles. The summed E-state index contributed by atoms with van der Waals surface area (Å²) >= 11 is 5.27. The number of fused-ring (bicyclic) bond motifs is 2. The summed E-state index contributed by atoms with van der Waals surface area (Å²) in [5.74, 6) is -0.221. The second kappa shape index (κ2) is 7.41. The van der Waals surface area contributed by atoms with Gasteiger partial charge in [0, 0.05) is 11.1 Å². The highest BCUT2D eigenvalue weighted by atomic mass is 32.1. The van der Waals surface area contributed by atoms with E-state index in [0.717, 1.165) is 16.6 Å². The molecule has 146 valence electrons. The van der Waals surface area contributed by atoms with E-state index in [2.05, 4.69) is 20.8 Å². The summed E-state index contributed by atoms with van der Waals surface area (Å²) in [4.78, 5) is 14.0. The maximum atomic E-state index is 12.4. The molecular weight excluding hydrogens is 398 g/mol. The number of furan rings is 1. The van der Waals surface area contributed by atoms with E-state index in [1.54, 1.807) is 16.9 Å². The molecule has 0 bridgehead atoms. The Morgan fingerprint density at radius 2 is 1.67 bits per heavy atom. The lowest BCUT2D eigenvalue weighted by atomic mass is 10.2. The van der Waals surface area contributed by atoms with Gasteiger partial charge in [0.1, 0.15) is 16.6 Å². The van der Waals surface area contributed by atoms with E-state index >= 15 is 0 Å². The fraction of sp³-hybridized carbons (Fsp3) is 0. The van der Waals surface area contributed by atoms with Gasteiger partial charge < -0.3 is 9.73 Å². The number of nitrogens with zero attached hydrogens (tertiary/aromatic N) is 3. The Morgan fingerprint density at radius 3 is 2.50 bits per heavy atom. The van der Waals surface area contributed by atoms with Crippen molar-refractivity contribution in [1.82, 2.24) is 20.3 Å². The lowest BCUT2D eigenvalue weighted by Crippen LogP contribution is -2.33. The summed E-state index contributed by atoms with van der Waals surface area (Å²) in [5, 5.41) is 15.6. The van der Waals surface area contributed by atoms with Gasteiger partial charge in [-0.15, -0.1) is 10.2 Å². The van der Waals surface area contributed by atoms with E-state index in [4.69, 9.17) is 16.6 Å². The molecule has 30 heavy (non-hydrogen) atoms. The average molecular weight is 413 g/mol. The van der Waals surface area contributed by atoms with Gasteiger partial charge in [-0.1, -0.05) is 36.4 Å². The fourth-order valence-electron chi connectivity index (χ4n) is 3.09. The minimum atomic E-state index is -0.417. The molecule has 8 heteroatoms. The maximum Gasteiger partial charge on any atom is 0.293 e. The molecule has 0 spiro atoms. The van der Waals surface area contributed by atoms with Crippen molar-refractivity contribution in [1.29, 1.82) is 0 Å². The van der Waals surface area contributed by atoms with Gasteiger partial charge in [0.25, 0.3) is 5.91 Å². The van der Waals surface area contributed by atoms with Crippen molar-refractivity contribution in [2.24, 2.45) is 0 Å². The lowest BCUT2D eigenvalue weighted by Gasteiger charge is -2.08. The third-order valence-corrected chi connectivity index (χ3v) is 4.71. The summed E-state index contributed by atoms with van der Waals surface area (Å²) in [6, 6.07) is 24.3. The molecule has 1 amide bonds. The molecule has 5 aromatic rings. The van der Waals surface area contributed by atoms with Gasteiger partial charge in [-0.25, -0.2) is 0 Å². The molecule has 0 radical (unpaired) electrons. The highest BCUT2D eigenvalue weighted by molar-refractivity contribution is 7.80. The van der Waals surface area contributed by atoms with E-state index in [-0.39, 0.29) is 10.9 Å². The fourth-order valence-corrected chi connectivity index (χ4v) is 3.30. The molecule has 0 aliphatic rings. The zero-order valence-electron chi connectivity index (χ0n) is 15.6. The maximum absolute atomic E-state index is 12.4. The molecule has 0 atom stereocenters. The van der Waals surface area contributed by atoms with Gasteiger partial charge in [-0.3, -0.25) is 10.1 Å². The minimum absolute atomic E-state index is 0.162. The van der Waals surface area contributed by atoms with Crippen molar-refractivity contribution in [3.8, 4) is 5.69 Å². The van der Waals surface area contributed by atoms with Gasteiger partial charge >= 0.3 is 0 Å². The smallest absolute Gasteiger partial charge is 0.293 e. The monoisotopic (exact) mass is 413 g/mol. The molecule has 0 fully saturated rings. The number of nitrogens with one attached hydrogen (secondary N) is 2. The molecule has 5 rings (SSSR count). The first-order chi connectivity index (χ1) is 14.7. The number of carbonyl (C=O) groups excluding carboxylic acids is 1. The standard InChI is InChI=1S/C22H15N5O2S/c28-21(20-12-14-6-4-5-9-19(14)29-20)24-22(30)23-15-10-11-17-18(13-15)26-27(25-17)16-7-2-1-3-8-16/h1-13H,(H2,23,24,28,30). The number of carbonyl (C=O) groups is 1. The highest BCUT2D eigenvalue weighted by Crippen LogP contribution is 2.19. The molecular formula is C22H15N5O2S. The molecule has 2 N–H and O–H groups in total. The normalized spacial score (nSPS) is 10.9. The Hall–Kier alpha value is -4.04. The van der Waals surface area contributed by atoms with Crippen LogP contribution in [0.4, 0.5) is 5.69 Å². The highest BCUT2D eigenvalue weighted by Gasteiger charge is 2.14. The SMILES string of the molecule is O=C(NC(=S)Nc1ccc2nn(-c3ccccc3)nc2c1)c1cc2ccccc2o1. The molecule has 0 saturated heterocycles. The van der Waals surface area contributed by atoms with Gasteiger partial charge in [0.15, 0.2) is 10.9 Å². The summed E-state index contributed by atoms with van der Waals surface area (Å²) in [7, 11) is 0. The molecule has 7 nitrogen and oxygen atoms in total. The van der Waals surface area contributed by atoms with E-state index in [1.165, 1.54) is 0 Å². The van der Waals surface area contributed by atoms with Crippen LogP contribution in [-0.4, -0.2) is 26.0 Å². The van der Waals surface area contributed by atoms with Crippen molar-refractivity contribution >= 4 is 50.9 Å². The van der Waals surface area contributed by atoms with Gasteiger partial charge in [0.2, 0.25) is 0 Å². The largest absolute Gasteiger partial charge is 0.451 e. The number of anilines is 1. The van der Waals surface area contributed by atoms with Crippen molar-refractivity contribution < 1.29 is 9.21 Å². The molecule has 2 aromatic heterocycles. The quantitative estimate of drug-likeness (QED) is 0.429. The predicted molar refractivity (Wildman–Crippen MR) is 119 cm³/mol. The van der Waals surface area contributed by atoms with Crippen LogP contribution in [0.15, 0.2) is 83.3 Å². The number of aromatic nitrogens is 3. The Balaban J connectivity index is 1.31. The van der Waals surface area contributed by atoms with Crippen LogP contribution in [0, 0.1) is 0 Å². The zero-order chi connectivity index (χ0) is 20.5. The number of benzene rings is 3. The number of hydrogen-bond donors (Lipinski definition) is 2. The van der Waals surface area contributed by atoms with Crippen molar-refractivity contribution in [2.45, 2.75) is 0 Å². The second-order valence-corrected chi connectivity index (χ2v) is 6.99. The summed E-state index contributed by atoms with van der Waals surface area (Å²) in [6.45, 7) is 0. The van der Waals surface area contributed by atoms with Crippen molar-refractivity contribution in [3.05, 3.63) is 84.6 Å². The topological polar surface area (TPSA) is 85.0 Å². The van der Waals surface area contributed by atoms with Crippen LogP contribution < -0.4 is 10.6 Å². The first kappa shape index (κ1) is 18.0. The van der Waals surface area contributed by atoms with Crippen LogP contribution in [0.2, 0.25) is 0 Å². The van der Waals surface area contributed by atoms with Gasteiger partial charge in [0.05, 0.1) is 5.69 Å². The van der Waals surface area contributed by atoms with Crippen LogP contribution in [-0.2, 0) is 0 Å². The van der Waals surface area contributed by atoms with Crippen molar-refractivity contribution in [2.75, 3.05) is 5.32 Å². The molecule has 0 saturated carbocycles. The van der Waals surface area contributed by atoms with E-state index in [0.29, 0.717) is 16.8 Å². The average Bonchev–Trinajstić information content (AvgIpc) is 3.38. The van der Waals surface area contributed by atoms with Crippen LogP contribution in [0.1, 0.15) is 10.6 Å². The zero-order valence-corrected chi connectivity index (χ0v) is 16.4. The van der Waals surface area contributed by atoms with Crippen LogP contribution in [0.3, 0.4) is 0 Å². The predicted octanol–water partition coefficient (Wildman–Crippen LogP) is 4.29. The number of hydrogen-bond acceptors (Lipinski definition) is 5. The van der Waals surface area contributed by atoms with Crippen LogP contribution >= 0.6 is 12.2 Å². The first-order valence-electron chi connectivity index (χ1n) is 9.19. The third kappa shape index (κ3) is 3.51. The summed E-state index contributed by atoms with van der Waals surface area (Å²) < 4.78 is 5.56. The Kier molecular flexibility index (Phi) is 4.45. The number of rotatable bonds is 3. The first-order valence-corrected chi connectivity index (χ1v) is 9.60. The minimum Gasteiger partial charge on any atom is -0.451 e. The van der Waals surface area contributed by atoms with E-state index < -0.39 is 5.91 Å². The number of thiocarbonyl (C=S) groups is 1. The van der Waals surface area contributed by atoms with Gasteiger partial charge in [-0.2, -0.15) is 4.80 Å². The number of amides is 1. The Bertz CT molecular complexity index is 1360. The van der Waals surface area contributed by atoms with E-state index in [9.17, 15) is 4.79 Å². The van der Waals surface area contributed by atoms with E-state index in [1.807, 2.05) is 66.7 Å². The second-order valence-electron chi connectivity index (χ2n) is 6.59. The molecule has 0 aliphatic carbocycles. The Morgan fingerprint density at radius 1 is 0.900 bits per heavy atom. The summed E-state index contributed by atoms with van der Waals surface area (Å²) in [5.41, 5.74) is 3.67. The molecule has 0 aliphatic heterocycles. The lowest BCUT2D eigenvalue weighted by molar-refractivity contribution is 0.0953. The van der Waals surface area contributed by atoms with Gasteiger partial charge in [-0.05, 0) is 54.7 Å². The third-order valence-electron chi connectivity index (χ3n) is 4.50. The van der Waals surface area contributed by atoms with Crippen LogP contribution in [0.5, 0.6) is 0 Å². The Labute approximate surface area is 176 Å².